The third kappa shape index (κ3) is 5.27. The molecule has 1 unspecified atom stereocenters. The number of rotatable bonds is 6. The number of hydrogen-bond acceptors (Lipinski definition) is 5. The zero-order chi connectivity index (χ0) is 17.5. The number of aromatic nitrogens is 1. The van der Waals surface area contributed by atoms with Gasteiger partial charge in [0.05, 0.1) is 19.1 Å². The molecule has 132 valence electrons. The smallest absolute Gasteiger partial charge is 0.222 e. The Bertz CT molecular complexity index is 693. The van der Waals surface area contributed by atoms with Crippen molar-refractivity contribution in [3.63, 3.8) is 0 Å². The van der Waals surface area contributed by atoms with Crippen molar-refractivity contribution in [3.05, 3.63) is 59.8 Å². The van der Waals surface area contributed by atoms with Crippen LogP contribution in [0.15, 0.2) is 48.7 Å². The lowest BCUT2D eigenvalue weighted by molar-refractivity contribution is -0.126. The molecule has 1 saturated heterocycles. The molecule has 25 heavy (non-hydrogen) atoms. The number of nitrogen functional groups attached to an aromatic ring is 1. The second kappa shape index (κ2) is 8.60. The number of amides is 1. The van der Waals surface area contributed by atoms with Gasteiger partial charge in [0.25, 0.3) is 0 Å². The van der Waals surface area contributed by atoms with Gasteiger partial charge in [-0.05, 0) is 11.6 Å². The SMILES string of the molecule is Nc1ncccc1CNC(=O)CC1CN(Cc2ccccc2)CCO1. The molecular weight excluding hydrogens is 316 g/mol. The van der Waals surface area contributed by atoms with Gasteiger partial charge in [-0.25, -0.2) is 4.98 Å². The van der Waals surface area contributed by atoms with E-state index in [1.807, 2.05) is 30.3 Å². The Hall–Kier alpha value is -2.44. The molecule has 1 aromatic heterocycles. The maximum Gasteiger partial charge on any atom is 0.222 e. The molecule has 0 radical (unpaired) electrons. The Kier molecular flexibility index (Phi) is 5.98. The molecular formula is C19H24N4O2. The molecule has 1 aliphatic heterocycles. The summed E-state index contributed by atoms with van der Waals surface area (Å²) < 4.78 is 5.75. The highest BCUT2D eigenvalue weighted by atomic mass is 16.5. The number of hydrogen-bond donors (Lipinski definition) is 2. The second-order valence-corrected chi connectivity index (χ2v) is 6.24. The molecule has 6 heteroatoms. The predicted molar refractivity (Wildman–Crippen MR) is 96.6 cm³/mol. The first-order valence-electron chi connectivity index (χ1n) is 8.54. The number of benzene rings is 1. The summed E-state index contributed by atoms with van der Waals surface area (Å²) in [6, 6.07) is 14.0. The number of carbonyl (C=O) groups is 1. The average Bonchev–Trinajstić information content (AvgIpc) is 2.62. The van der Waals surface area contributed by atoms with Gasteiger partial charge in [-0.3, -0.25) is 9.69 Å². The molecule has 0 saturated carbocycles. The van der Waals surface area contributed by atoms with E-state index in [1.165, 1.54) is 5.56 Å². The molecule has 1 atom stereocenters. The number of nitrogens with zero attached hydrogens (tertiary/aromatic N) is 2. The molecule has 1 amide bonds. The van der Waals surface area contributed by atoms with Gasteiger partial charge in [0.2, 0.25) is 5.91 Å². The highest BCUT2D eigenvalue weighted by Crippen LogP contribution is 2.13. The maximum absolute atomic E-state index is 12.2. The highest BCUT2D eigenvalue weighted by molar-refractivity contribution is 5.76. The number of ether oxygens (including phenoxy) is 1. The molecule has 3 rings (SSSR count). The van der Waals surface area contributed by atoms with Crippen LogP contribution in [-0.4, -0.2) is 41.6 Å². The third-order valence-corrected chi connectivity index (χ3v) is 4.29. The van der Waals surface area contributed by atoms with Crippen molar-refractivity contribution in [2.45, 2.75) is 25.6 Å². The van der Waals surface area contributed by atoms with Gasteiger partial charge in [-0.2, -0.15) is 0 Å². The highest BCUT2D eigenvalue weighted by Gasteiger charge is 2.22. The fraction of sp³-hybridized carbons (Fsp3) is 0.368. The molecule has 0 spiro atoms. The van der Waals surface area contributed by atoms with Crippen LogP contribution in [0, 0.1) is 0 Å². The molecule has 0 bridgehead atoms. The quantitative estimate of drug-likeness (QED) is 0.834. The lowest BCUT2D eigenvalue weighted by atomic mass is 10.1. The van der Waals surface area contributed by atoms with Crippen molar-refractivity contribution in [2.24, 2.45) is 0 Å². The molecule has 1 aromatic carbocycles. The van der Waals surface area contributed by atoms with E-state index in [1.54, 1.807) is 6.20 Å². The number of pyridine rings is 1. The number of nitrogens with two attached hydrogens (primary N) is 1. The van der Waals surface area contributed by atoms with E-state index >= 15 is 0 Å². The molecule has 2 heterocycles. The Morgan fingerprint density at radius 1 is 1.28 bits per heavy atom. The van der Waals surface area contributed by atoms with Crippen molar-refractivity contribution in [1.29, 1.82) is 0 Å². The van der Waals surface area contributed by atoms with E-state index in [0.717, 1.165) is 25.2 Å². The lowest BCUT2D eigenvalue weighted by Gasteiger charge is -2.32. The Balaban J connectivity index is 1.45. The first kappa shape index (κ1) is 17.4. The van der Waals surface area contributed by atoms with E-state index in [0.29, 0.717) is 25.4 Å². The predicted octanol–water partition coefficient (Wildman–Crippen LogP) is 1.57. The first-order chi connectivity index (χ1) is 12.2. The van der Waals surface area contributed by atoms with Crippen molar-refractivity contribution in [2.75, 3.05) is 25.4 Å². The summed E-state index contributed by atoms with van der Waals surface area (Å²) in [6.07, 6.45) is 1.91. The zero-order valence-corrected chi connectivity index (χ0v) is 14.2. The van der Waals surface area contributed by atoms with Crippen LogP contribution in [0.3, 0.4) is 0 Å². The largest absolute Gasteiger partial charge is 0.383 e. The van der Waals surface area contributed by atoms with Gasteiger partial charge in [-0.15, -0.1) is 0 Å². The van der Waals surface area contributed by atoms with Crippen LogP contribution in [0.2, 0.25) is 0 Å². The van der Waals surface area contributed by atoms with Crippen LogP contribution in [0.4, 0.5) is 5.82 Å². The Morgan fingerprint density at radius 2 is 2.12 bits per heavy atom. The van der Waals surface area contributed by atoms with Gasteiger partial charge in [0, 0.05) is 37.9 Å². The maximum atomic E-state index is 12.2. The van der Waals surface area contributed by atoms with E-state index in [2.05, 4.69) is 27.3 Å². The summed E-state index contributed by atoms with van der Waals surface area (Å²) in [5, 5.41) is 2.89. The summed E-state index contributed by atoms with van der Waals surface area (Å²) in [5.41, 5.74) is 7.89. The average molecular weight is 340 g/mol. The minimum absolute atomic E-state index is 0.0326. The normalized spacial score (nSPS) is 18.0. The minimum atomic E-state index is -0.0799. The fourth-order valence-electron chi connectivity index (χ4n) is 2.96. The van der Waals surface area contributed by atoms with Crippen LogP contribution in [0.25, 0.3) is 0 Å². The van der Waals surface area contributed by atoms with E-state index < -0.39 is 0 Å². The standard InChI is InChI=1S/C19H24N4O2/c20-19-16(7-4-8-21-19)12-22-18(24)11-17-14-23(9-10-25-17)13-15-5-2-1-3-6-15/h1-8,17H,9-14H2,(H2,20,21)(H,22,24). The summed E-state index contributed by atoms with van der Waals surface area (Å²) in [5.74, 6) is 0.417. The summed E-state index contributed by atoms with van der Waals surface area (Å²) in [6.45, 7) is 3.57. The Labute approximate surface area is 148 Å². The topological polar surface area (TPSA) is 80.5 Å². The van der Waals surface area contributed by atoms with Crippen molar-refractivity contribution in [1.82, 2.24) is 15.2 Å². The van der Waals surface area contributed by atoms with E-state index in [4.69, 9.17) is 10.5 Å². The molecule has 0 aliphatic carbocycles. The first-order valence-corrected chi connectivity index (χ1v) is 8.54. The number of carbonyl (C=O) groups excluding carboxylic acids is 1. The minimum Gasteiger partial charge on any atom is -0.383 e. The van der Waals surface area contributed by atoms with Crippen molar-refractivity contribution in [3.8, 4) is 0 Å². The van der Waals surface area contributed by atoms with Crippen LogP contribution in [0.5, 0.6) is 0 Å². The summed E-state index contributed by atoms with van der Waals surface area (Å²) >= 11 is 0. The monoisotopic (exact) mass is 340 g/mol. The zero-order valence-electron chi connectivity index (χ0n) is 14.2. The van der Waals surface area contributed by atoms with E-state index in [-0.39, 0.29) is 12.0 Å². The van der Waals surface area contributed by atoms with Gasteiger partial charge < -0.3 is 15.8 Å². The number of morpholine rings is 1. The molecule has 6 nitrogen and oxygen atoms in total. The van der Waals surface area contributed by atoms with Crippen molar-refractivity contribution < 1.29 is 9.53 Å². The van der Waals surface area contributed by atoms with Crippen LogP contribution in [-0.2, 0) is 22.6 Å². The number of anilines is 1. The lowest BCUT2D eigenvalue weighted by Crippen LogP contribution is -2.44. The summed E-state index contributed by atoms with van der Waals surface area (Å²) in [4.78, 5) is 18.5. The summed E-state index contributed by atoms with van der Waals surface area (Å²) in [7, 11) is 0. The molecule has 3 N–H and O–H groups in total. The van der Waals surface area contributed by atoms with Gasteiger partial charge in [0.15, 0.2) is 0 Å². The van der Waals surface area contributed by atoms with E-state index in [9.17, 15) is 4.79 Å². The van der Waals surface area contributed by atoms with Gasteiger partial charge in [-0.1, -0.05) is 36.4 Å². The second-order valence-electron chi connectivity index (χ2n) is 6.24. The van der Waals surface area contributed by atoms with Gasteiger partial charge >= 0.3 is 0 Å². The number of nitrogens with one attached hydrogen (secondary N) is 1. The van der Waals surface area contributed by atoms with Crippen LogP contribution >= 0.6 is 0 Å². The molecule has 2 aromatic rings. The molecule has 1 fully saturated rings. The van der Waals surface area contributed by atoms with Crippen molar-refractivity contribution >= 4 is 11.7 Å². The van der Waals surface area contributed by atoms with Gasteiger partial charge in [0.1, 0.15) is 5.82 Å². The van der Waals surface area contributed by atoms with Crippen LogP contribution < -0.4 is 11.1 Å². The molecule has 1 aliphatic rings. The Morgan fingerprint density at radius 3 is 2.92 bits per heavy atom. The van der Waals surface area contributed by atoms with Crippen LogP contribution in [0.1, 0.15) is 17.5 Å². The third-order valence-electron chi connectivity index (χ3n) is 4.29. The fourth-order valence-corrected chi connectivity index (χ4v) is 2.96.